The molecule has 0 aromatic rings. The lowest BCUT2D eigenvalue weighted by Gasteiger charge is -2.18. The van der Waals surface area contributed by atoms with Crippen LogP contribution in [0, 0.1) is 0 Å². The van der Waals surface area contributed by atoms with E-state index >= 15 is 0 Å². The number of esters is 3. The lowest BCUT2D eigenvalue weighted by molar-refractivity contribution is -0.166. The highest BCUT2D eigenvalue weighted by atomic mass is 16.6. The van der Waals surface area contributed by atoms with E-state index in [9.17, 15) is 14.4 Å². The molecule has 73 heavy (non-hydrogen) atoms. The van der Waals surface area contributed by atoms with Crippen molar-refractivity contribution in [2.24, 2.45) is 0 Å². The van der Waals surface area contributed by atoms with Crippen LogP contribution in [0.4, 0.5) is 0 Å². The summed E-state index contributed by atoms with van der Waals surface area (Å²) in [6.07, 6.45) is 82.4. The van der Waals surface area contributed by atoms with Crippen LogP contribution in [0.1, 0.15) is 278 Å². The predicted octanol–water partition coefficient (Wildman–Crippen LogP) is 20.7. The van der Waals surface area contributed by atoms with E-state index in [-0.39, 0.29) is 31.6 Å². The molecule has 0 aromatic heterocycles. The molecule has 0 saturated carbocycles. The van der Waals surface area contributed by atoms with Crippen LogP contribution in [0.2, 0.25) is 0 Å². The Morgan fingerprint density at radius 1 is 0.274 bits per heavy atom. The lowest BCUT2D eigenvalue weighted by atomic mass is 10.0. The normalized spacial score (nSPS) is 12.9. The average molecular weight is 1010 g/mol. The molecule has 0 bridgehead atoms. The van der Waals surface area contributed by atoms with Crippen molar-refractivity contribution in [2.45, 2.75) is 284 Å². The smallest absolute Gasteiger partial charge is 0.306 e. The Morgan fingerprint density at radius 2 is 0.521 bits per heavy atom. The second kappa shape index (κ2) is 60.6. The molecule has 0 saturated heterocycles. The molecule has 0 amide bonds. The number of hydrogen-bond acceptors (Lipinski definition) is 6. The Hall–Kier alpha value is -3.93. The molecular formula is C67H112O6. The van der Waals surface area contributed by atoms with Crippen molar-refractivity contribution in [1.82, 2.24) is 0 Å². The molecule has 0 fully saturated rings. The first-order valence-electron chi connectivity index (χ1n) is 30.4. The van der Waals surface area contributed by atoms with Crippen molar-refractivity contribution in [2.75, 3.05) is 13.2 Å². The van der Waals surface area contributed by atoms with Gasteiger partial charge in [0.2, 0.25) is 0 Å². The average Bonchev–Trinajstić information content (AvgIpc) is 3.39. The van der Waals surface area contributed by atoms with Crippen molar-refractivity contribution in [1.29, 1.82) is 0 Å². The molecule has 0 unspecified atom stereocenters. The molecule has 416 valence electrons. The van der Waals surface area contributed by atoms with Gasteiger partial charge in [0, 0.05) is 19.3 Å². The van der Waals surface area contributed by atoms with Gasteiger partial charge in [-0.1, -0.05) is 246 Å². The standard InChI is InChI=1S/C67H112O6/c1-4-7-10-13-16-19-22-25-28-30-32-33-35-36-39-42-45-48-51-54-57-60-66(69)72-63-64(62-71-65(68)59-56-53-50-47-44-41-38-27-24-21-18-15-12-9-6-3)73-67(70)61-58-55-52-49-46-43-40-37-34-31-29-26-23-20-17-14-11-8-5-2/h17-18,20-21,25-29,34,37-38,43-44,46-47,52,55,64H,4-16,19,22-24,30-33,35-36,39-42,45,48-51,53-54,56-63H2,1-3H3/b20-17-,21-18-,28-25-,29-26-,37-34-,38-27-,46-43-,47-44-,55-52-/t64-/m1/s1. The van der Waals surface area contributed by atoms with Gasteiger partial charge in [-0.3, -0.25) is 14.4 Å². The summed E-state index contributed by atoms with van der Waals surface area (Å²) >= 11 is 0. The van der Waals surface area contributed by atoms with Crippen LogP contribution in [0.25, 0.3) is 0 Å². The van der Waals surface area contributed by atoms with E-state index in [4.69, 9.17) is 14.2 Å². The Morgan fingerprint density at radius 3 is 0.890 bits per heavy atom. The molecule has 6 nitrogen and oxygen atoms in total. The number of carbonyl (C=O) groups is 3. The van der Waals surface area contributed by atoms with E-state index in [1.165, 1.54) is 154 Å². The molecule has 1 atom stereocenters. The number of unbranched alkanes of at least 4 members (excludes halogenated alkanes) is 25. The lowest BCUT2D eigenvalue weighted by Crippen LogP contribution is -2.30. The van der Waals surface area contributed by atoms with Gasteiger partial charge in [0.25, 0.3) is 0 Å². The minimum absolute atomic E-state index is 0.121. The zero-order valence-electron chi connectivity index (χ0n) is 47.6. The largest absolute Gasteiger partial charge is 0.462 e. The molecule has 0 rings (SSSR count). The summed E-state index contributed by atoms with van der Waals surface area (Å²) < 4.78 is 16.8. The van der Waals surface area contributed by atoms with E-state index in [1.54, 1.807) is 0 Å². The molecule has 0 aliphatic carbocycles. The molecule has 0 spiro atoms. The number of ether oxygens (including phenoxy) is 3. The van der Waals surface area contributed by atoms with Gasteiger partial charge in [0.1, 0.15) is 13.2 Å². The highest BCUT2D eigenvalue weighted by Gasteiger charge is 2.19. The van der Waals surface area contributed by atoms with E-state index in [2.05, 4.69) is 124 Å². The van der Waals surface area contributed by atoms with Gasteiger partial charge in [-0.25, -0.2) is 0 Å². The van der Waals surface area contributed by atoms with Gasteiger partial charge >= 0.3 is 17.9 Å². The van der Waals surface area contributed by atoms with Crippen molar-refractivity contribution >= 4 is 17.9 Å². The van der Waals surface area contributed by atoms with Crippen LogP contribution in [0.5, 0.6) is 0 Å². The fourth-order valence-corrected chi connectivity index (χ4v) is 8.13. The Bertz CT molecular complexity index is 1490. The van der Waals surface area contributed by atoms with Crippen molar-refractivity contribution in [3.05, 3.63) is 109 Å². The summed E-state index contributed by atoms with van der Waals surface area (Å²) in [4.78, 5) is 38.2. The number of carbonyl (C=O) groups excluding carboxylic acids is 3. The first-order chi connectivity index (χ1) is 36.0. The maximum atomic E-state index is 12.8. The summed E-state index contributed by atoms with van der Waals surface area (Å²) in [5.74, 6) is -1.04. The third-order valence-electron chi connectivity index (χ3n) is 12.7. The molecular weight excluding hydrogens is 901 g/mol. The second-order valence-electron chi connectivity index (χ2n) is 19.9. The quantitative estimate of drug-likeness (QED) is 0.0261. The van der Waals surface area contributed by atoms with Gasteiger partial charge in [0.15, 0.2) is 6.10 Å². The zero-order chi connectivity index (χ0) is 52.9. The van der Waals surface area contributed by atoms with Gasteiger partial charge in [-0.2, -0.15) is 0 Å². The molecule has 0 N–H and O–H groups in total. The predicted molar refractivity (Wildman–Crippen MR) is 316 cm³/mol. The number of allylic oxidation sites excluding steroid dienone is 18. The topological polar surface area (TPSA) is 78.9 Å². The molecule has 0 radical (unpaired) electrons. The maximum Gasteiger partial charge on any atom is 0.306 e. The number of rotatable bonds is 54. The SMILES string of the molecule is CCCCC/C=C\C/C=C\C/C=C\C/C=C\C/C=C\CCC(=O)O[C@H](COC(=O)CCCC/C=C\C/C=C\C/C=C\CCCCC)COC(=O)CCCCCCCCCCCCC/C=C\CCCCCCCC. The van der Waals surface area contributed by atoms with Crippen molar-refractivity contribution in [3.63, 3.8) is 0 Å². The second-order valence-corrected chi connectivity index (χ2v) is 19.9. The van der Waals surface area contributed by atoms with Crippen LogP contribution >= 0.6 is 0 Å². The first kappa shape index (κ1) is 69.1. The zero-order valence-corrected chi connectivity index (χ0v) is 47.6. The van der Waals surface area contributed by atoms with E-state index in [0.717, 1.165) is 70.6 Å². The first-order valence-corrected chi connectivity index (χ1v) is 30.4. The van der Waals surface area contributed by atoms with Crippen molar-refractivity contribution in [3.8, 4) is 0 Å². The molecule has 6 heteroatoms. The van der Waals surface area contributed by atoms with Gasteiger partial charge < -0.3 is 14.2 Å². The van der Waals surface area contributed by atoms with Crippen molar-refractivity contribution < 1.29 is 28.6 Å². The highest BCUT2D eigenvalue weighted by molar-refractivity contribution is 5.71. The monoisotopic (exact) mass is 1010 g/mol. The van der Waals surface area contributed by atoms with Gasteiger partial charge in [0.05, 0.1) is 0 Å². The summed E-state index contributed by atoms with van der Waals surface area (Å²) in [5, 5.41) is 0. The summed E-state index contributed by atoms with van der Waals surface area (Å²) in [5.41, 5.74) is 0. The minimum Gasteiger partial charge on any atom is -0.462 e. The van der Waals surface area contributed by atoms with Crippen LogP contribution in [-0.2, 0) is 28.6 Å². The summed E-state index contributed by atoms with van der Waals surface area (Å²) in [6.45, 7) is 6.50. The summed E-state index contributed by atoms with van der Waals surface area (Å²) in [6, 6.07) is 0. The molecule has 0 aliphatic heterocycles. The molecule has 0 aromatic carbocycles. The Kier molecular flexibility index (Phi) is 57.4. The van der Waals surface area contributed by atoms with E-state index in [1.807, 2.05) is 6.08 Å². The number of hydrogen-bond donors (Lipinski definition) is 0. The Labute approximate surface area is 450 Å². The fourth-order valence-electron chi connectivity index (χ4n) is 8.13. The van der Waals surface area contributed by atoms with Crippen LogP contribution in [0.15, 0.2) is 109 Å². The maximum absolute atomic E-state index is 12.8. The van der Waals surface area contributed by atoms with E-state index < -0.39 is 12.1 Å². The van der Waals surface area contributed by atoms with Gasteiger partial charge in [-0.15, -0.1) is 0 Å². The van der Waals surface area contributed by atoms with Gasteiger partial charge in [-0.05, 0) is 122 Å². The van der Waals surface area contributed by atoms with E-state index in [0.29, 0.717) is 25.7 Å². The fraction of sp³-hybridized carbons (Fsp3) is 0.687. The summed E-state index contributed by atoms with van der Waals surface area (Å²) in [7, 11) is 0. The molecule has 0 aliphatic rings. The van der Waals surface area contributed by atoms with Crippen LogP contribution in [-0.4, -0.2) is 37.2 Å². The van der Waals surface area contributed by atoms with Crippen LogP contribution < -0.4 is 0 Å². The Balaban J connectivity index is 4.51. The third kappa shape index (κ3) is 58.8. The van der Waals surface area contributed by atoms with Crippen LogP contribution in [0.3, 0.4) is 0 Å². The third-order valence-corrected chi connectivity index (χ3v) is 12.7. The minimum atomic E-state index is -0.836. The highest BCUT2D eigenvalue weighted by Crippen LogP contribution is 2.15. The molecule has 0 heterocycles.